The van der Waals surface area contributed by atoms with Crippen LogP contribution < -0.4 is 5.32 Å². The average Bonchev–Trinajstić information content (AvgIpc) is 3.16. The Bertz CT molecular complexity index is 1130. The Morgan fingerprint density at radius 2 is 1.91 bits per heavy atom. The molecule has 0 aliphatic carbocycles. The van der Waals surface area contributed by atoms with Gasteiger partial charge in [-0.2, -0.15) is 0 Å². The van der Waals surface area contributed by atoms with Crippen molar-refractivity contribution in [3.8, 4) is 0 Å². The molecule has 1 aliphatic rings. The number of nitrogens with one attached hydrogen (secondary N) is 1. The molecule has 9 nitrogen and oxygen atoms in total. The van der Waals surface area contributed by atoms with E-state index in [1.807, 2.05) is 0 Å². The summed E-state index contributed by atoms with van der Waals surface area (Å²) < 4.78 is 34.7. The fraction of sp³-hybridized carbons (Fsp3) is 0.409. The molecule has 0 radical (unpaired) electrons. The van der Waals surface area contributed by atoms with Gasteiger partial charge in [-0.05, 0) is 37.5 Å². The maximum Gasteiger partial charge on any atom is 0.410 e. The van der Waals surface area contributed by atoms with Crippen LogP contribution >= 0.6 is 11.3 Å². The second-order valence-electron chi connectivity index (χ2n) is 7.35. The van der Waals surface area contributed by atoms with E-state index >= 15 is 0 Å². The summed E-state index contributed by atoms with van der Waals surface area (Å²) in [5.41, 5.74) is 1.03. The standard InChI is InChI=1S/C22H26N2O7S2/c1-3-31-22(27)24-12-11-16-17(14-24)32-20(19(16)21(26)30-2)23-18(25)10-7-13-33(28,29)15-8-5-4-6-9-15/h4-6,8-9H,3,7,10-14H2,1-2H3,(H,23,25). The van der Waals surface area contributed by atoms with Gasteiger partial charge in [0.25, 0.3) is 0 Å². The predicted molar refractivity (Wildman–Crippen MR) is 123 cm³/mol. The van der Waals surface area contributed by atoms with Gasteiger partial charge in [0.05, 0.1) is 36.5 Å². The SMILES string of the molecule is CCOC(=O)N1CCc2c(sc(NC(=O)CCCS(=O)(=O)c3ccccc3)c2C(=O)OC)C1. The minimum absolute atomic E-state index is 0.0236. The molecule has 0 atom stereocenters. The maximum absolute atomic E-state index is 12.5. The van der Waals surface area contributed by atoms with Gasteiger partial charge in [0.15, 0.2) is 9.84 Å². The Labute approximate surface area is 196 Å². The molecule has 0 bridgehead atoms. The molecule has 0 saturated heterocycles. The summed E-state index contributed by atoms with van der Waals surface area (Å²) in [6.07, 6.45) is 0.115. The molecular weight excluding hydrogens is 468 g/mol. The number of esters is 1. The molecule has 1 aromatic carbocycles. The third-order valence-electron chi connectivity index (χ3n) is 5.14. The molecule has 0 spiro atoms. The van der Waals surface area contributed by atoms with Crippen LogP contribution in [0.2, 0.25) is 0 Å². The molecule has 0 unspecified atom stereocenters. The van der Waals surface area contributed by atoms with Crippen molar-refractivity contribution in [3.05, 3.63) is 46.3 Å². The third kappa shape index (κ3) is 5.91. The van der Waals surface area contributed by atoms with Gasteiger partial charge in [-0.3, -0.25) is 4.79 Å². The number of hydrogen-bond donors (Lipinski definition) is 1. The first-order chi connectivity index (χ1) is 15.8. The van der Waals surface area contributed by atoms with E-state index in [1.54, 1.807) is 30.0 Å². The van der Waals surface area contributed by atoms with Crippen LogP contribution in [-0.2, 0) is 37.1 Å². The monoisotopic (exact) mass is 494 g/mol. The molecule has 0 saturated carbocycles. The second-order valence-corrected chi connectivity index (χ2v) is 10.6. The quantitative estimate of drug-likeness (QED) is 0.560. The molecule has 2 amide bonds. The van der Waals surface area contributed by atoms with Gasteiger partial charge < -0.3 is 19.7 Å². The van der Waals surface area contributed by atoms with Crippen molar-refractivity contribution in [1.29, 1.82) is 0 Å². The van der Waals surface area contributed by atoms with E-state index in [4.69, 9.17) is 9.47 Å². The highest BCUT2D eigenvalue weighted by atomic mass is 32.2. The topological polar surface area (TPSA) is 119 Å². The molecule has 1 N–H and O–H groups in total. The van der Waals surface area contributed by atoms with Crippen molar-refractivity contribution in [2.45, 2.75) is 37.6 Å². The Morgan fingerprint density at radius 3 is 2.58 bits per heavy atom. The van der Waals surface area contributed by atoms with Gasteiger partial charge in [0.1, 0.15) is 5.00 Å². The highest BCUT2D eigenvalue weighted by Crippen LogP contribution is 2.38. The van der Waals surface area contributed by atoms with Crippen molar-refractivity contribution < 1.29 is 32.3 Å². The van der Waals surface area contributed by atoms with Crippen LogP contribution in [0.25, 0.3) is 0 Å². The number of amides is 2. The molecule has 2 aromatic rings. The Balaban J connectivity index is 1.68. The molecule has 3 rings (SSSR count). The highest BCUT2D eigenvalue weighted by molar-refractivity contribution is 7.91. The average molecular weight is 495 g/mol. The zero-order valence-electron chi connectivity index (χ0n) is 18.5. The Kier molecular flexibility index (Phi) is 8.09. The molecule has 1 aliphatic heterocycles. The molecule has 33 heavy (non-hydrogen) atoms. The number of hydrogen-bond acceptors (Lipinski definition) is 8. The van der Waals surface area contributed by atoms with Gasteiger partial charge >= 0.3 is 12.1 Å². The summed E-state index contributed by atoms with van der Waals surface area (Å²) >= 11 is 1.21. The summed E-state index contributed by atoms with van der Waals surface area (Å²) in [4.78, 5) is 39.6. The zero-order valence-corrected chi connectivity index (χ0v) is 20.1. The number of thiophene rings is 1. The number of ether oxygens (including phenoxy) is 2. The molecule has 178 valence electrons. The molecule has 2 heterocycles. The first kappa shape index (κ1) is 24.7. The number of nitrogens with zero attached hydrogens (tertiary/aromatic N) is 1. The van der Waals surface area contributed by atoms with Crippen molar-refractivity contribution in [3.63, 3.8) is 0 Å². The van der Waals surface area contributed by atoms with Gasteiger partial charge in [-0.1, -0.05) is 18.2 Å². The second kappa shape index (κ2) is 10.8. The first-order valence-electron chi connectivity index (χ1n) is 10.5. The largest absolute Gasteiger partial charge is 0.465 e. The fourth-order valence-electron chi connectivity index (χ4n) is 3.54. The summed E-state index contributed by atoms with van der Waals surface area (Å²) in [6.45, 7) is 2.65. The summed E-state index contributed by atoms with van der Waals surface area (Å²) in [5, 5.41) is 3.07. The van der Waals surface area contributed by atoms with Crippen LogP contribution in [0, 0.1) is 0 Å². The molecule has 1 aromatic heterocycles. The summed E-state index contributed by atoms with van der Waals surface area (Å²) in [6, 6.07) is 8.07. The number of methoxy groups -OCH3 is 1. The van der Waals surface area contributed by atoms with E-state index in [0.717, 1.165) is 10.4 Å². The van der Waals surface area contributed by atoms with Crippen LogP contribution in [0.1, 0.15) is 40.6 Å². The summed E-state index contributed by atoms with van der Waals surface area (Å²) in [5.74, 6) is -1.13. The van der Waals surface area contributed by atoms with Crippen molar-refractivity contribution >= 4 is 44.1 Å². The van der Waals surface area contributed by atoms with E-state index < -0.39 is 27.8 Å². The number of sulfone groups is 1. The van der Waals surface area contributed by atoms with E-state index in [1.165, 1.54) is 30.6 Å². The van der Waals surface area contributed by atoms with Gasteiger partial charge in [0.2, 0.25) is 5.91 Å². The van der Waals surface area contributed by atoms with E-state index in [2.05, 4.69) is 5.32 Å². The van der Waals surface area contributed by atoms with E-state index in [9.17, 15) is 22.8 Å². The van der Waals surface area contributed by atoms with Crippen molar-refractivity contribution in [2.75, 3.05) is 31.3 Å². The van der Waals surface area contributed by atoms with Crippen molar-refractivity contribution in [1.82, 2.24) is 4.90 Å². The highest BCUT2D eigenvalue weighted by Gasteiger charge is 2.31. The minimum atomic E-state index is -3.48. The van der Waals surface area contributed by atoms with Crippen LogP contribution in [0.5, 0.6) is 0 Å². The van der Waals surface area contributed by atoms with Crippen LogP contribution in [0.3, 0.4) is 0 Å². The van der Waals surface area contributed by atoms with E-state index in [0.29, 0.717) is 18.0 Å². The lowest BCUT2D eigenvalue weighted by Gasteiger charge is -2.26. The lowest BCUT2D eigenvalue weighted by Crippen LogP contribution is -2.36. The predicted octanol–water partition coefficient (Wildman–Crippen LogP) is 3.24. The first-order valence-corrected chi connectivity index (χ1v) is 13.0. The van der Waals surface area contributed by atoms with E-state index in [-0.39, 0.29) is 42.2 Å². The van der Waals surface area contributed by atoms with Crippen LogP contribution in [0.4, 0.5) is 9.80 Å². The minimum Gasteiger partial charge on any atom is -0.465 e. The number of fused-ring (bicyclic) bond motifs is 1. The number of rotatable bonds is 8. The van der Waals surface area contributed by atoms with Gasteiger partial charge in [0, 0.05) is 17.8 Å². The number of anilines is 1. The van der Waals surface area contributed by atoms with Gasteiger partial charge in [-0.25, -0.2) is 18.0 Å². The van der Waals surface area contributed by atoms with Crippen LogP contribution in [0.15, 0.2) is 35.2 Å². The zero-order chi connectivity index (χ0) is 24.0. The summed E-state index contributed by atoms with van der Waals surface area (Å²) in [7, 11) is -2.21. The fourth-order valence-corrected chi connectivity index (χ4v) is 6.14. The van der Waals surface area contributed by atoms with Gasteiger partial charge in [-0.15, -0.1) is 11.3 Å². The maximum atomic E-state index is 12.5. The normalized spacial score (nSPS) is 13.2. The molecular formula is C22H26N2O7S2. The molecule has 11 heteroatoms. The Hall–Kier alpha value is -2.92. The lowest BCUT2D eigenvalue weighted by molar-refractivity contribution is -0.116. The number of carbonyl (C=O) groups is 3. The third-order valence-corrected chi connectivity index (χ3v) is 8.09. The number of carbonyl (C=O) groups excluding carboxylic acids is 3. The smallest absolute Gasteiger partial charge is 0.410 e. The molecule has 0 fully saturated rings. The van der Waals surface area contributed by atoms with Crippen molar-refractivity contribution in [2.24, 2.45) is 0 Å². The Morgan fingerprint density at radius 1 is 1.18 bits per heavy atom. The lowest BCUT2D eigenvalue weighted by atomic mass is 10.0. The van der Waals surface area contributed by atoms with Crippen LogP contribution in [-0.4, -0.2) is 57.3 Å². The number of benzene rings is 1.